The van der Waals surface area contributed by atoms with Gasteiger partial charge in [0.2, 0.25) is 0 Å². The second kappa shape index (κ2) is 3.36. The molecule has 2 unspecified atom stereocenters. The molecule has 2 heteroatoms. The van der Waals surface area contributed by atoms with Gasteiger partial charge in [0.1, 0.15) is 11.4 Å². The molecule has 1 aromatic carbocycles. The van der Waals surface area contributed by atoms with E-state index >= 15 is 0 Å². The minimum absolute atomic E-state index is 0.168. The molecule has 0 spiro atoms. The summed E-state index contributed by atoms with van der Waals surface area (Å²) in [6, 6.07) is 6.84. The zero-order valence-corrected chi connectivity index (χ0v) is 11.6. The minimum atomic E-state index is -0.179. The molecular formula is C16H21FO. The minimum Gasteiger partial charge on any atom is -0.360 e. The lowest BCUT2D eigenvalue weighted by Gasteiger charge is -2.41. The van der Waals surface area contributed by atoms with E-state index in [9.17, 15) is 4.39 Å². The van der Waals surface area contributed by atoms with E-state index in [0.29, 0.717) is 0 Å². The summed E-state index contributed by atoms with van der Waals surface area (Å²) in [5.74, 6) is -0.179. The summed E-state index contributed by atoms with van der Waals surface area (Å²) in [6.45, 7) is 9.17. The molecule has 1 heterocycles. The normalized spacial score (nSPS) is 35.9. The molecule has 0 aromatic heterocycles. The van der Waals surface area contributed by atoms with E-state index in [1.54, 1.807) is 0 Å². The van der Waals surface area contributed by atoms with Gasteiger partial charge in [-0.2, -0.15) is 0 Å². The highest BCUT2D eigenvalue weighted by molar-refractivity contribution is 5.33. The van der Waals surface area contributed by atoms with Crippen LogP contribution >= 0.6 is 0 Å². The van der Waals surface area contributed by atoms with Gasteiger partial charge in [0, 0.05) is 0 Å². The first-order chi connectivity index (χ1) is 8.25. The number of rotatable bonds is 1. The van der Waals surface area contributed by atoms with E-state index in [-0.39, 0.29) is 28.4 Å². The number of halogens is 1. The van der Waals surface area contributed by atoms with E-state index in [2.05, 4.69) is 27.7 Å². The Kier molecular flexibility index (Phi) is 2.27. The van der Waals surface area contributed by atoms with Crippen molar-refractivity contribution in [3.63, 3.8) is 0 Å². The Morgan fingerprint density at radius 2 is 1.67 bits per heavy atom. The molecule has 1 aliphatic carbocycles. The standard InChI is InChI=1S/C16H21FO/c1-14(2)9-15(3,4)13-16(10-14,18-13)11-5-7-12(17)8-6-11/h5-8,13H,9-10H2,1-4H3. The molecule has 1 saturated carbocycles. The van der Waals surface area contributed by atoms with Crippen LogP contribution in [0.4, 0.5) is 4.39 Å². The van der Waals surface area contributed by atoms with Gasteiger partial charge in [-0.05, 0) is 41.4 Å². The van der Waals surface area contributed by atoms with Gasteiger partial charge in [-0.25, -0.2) is 4.39 Å². The first kappa shape index (κ1) is 12.2. The molecule has 1 saturated heterocycles. The molecular weight excluding hydrogens is 227 g/mol. The lowest BCUT2D eigenvalue weighted by atomic mass is 9.60. The van der Waals surface area contributed by atoms with E-state index in [4.69, 9.17) is 4.74 Å². The van der Waals surface area contributed by atoms with Crippen LogP contribution in [-0.4, -0.2) is 6.10 Å². The summed E-state index contributed by atoms with van der Waals surface area (Å²) in [6.07, 6.45) is 2.48. The average Bonchev–Trinajstić information content (AvgIpc) is 2.92. The first-order valence-corrected chi connectivity index (χ1v) is 6.69. The van der Waals surface area contributed by atoms with Crippen molar-refractivity contribution >= 4 is 0 Å². The molecule has 0 bridgehead atoms. The van der Waals surface area contributed by atoms with Crippen LogP contribution in [0.3, 0.4) is 0 Å². The van der Waals surface area contributed by atoms with Gasteiger partial charge >= 0.3 is 0 Å². The van der Waals surface area contributed by atoms with Crippen LogP contribution in [0.15, 0.2) is 24.3 Å². The fraction of sp³-hybridized carbons (Fsp3) is 0.625. The number of ether oxygens (including phenoxy) is 1. The largest absolute Gasteiger partial charge is 0.360 e. The van der Waals surface area contributed by atoms with E-state index in [1.165, 1.54) is 18.6 Å². The van der Waals surface area contributed by atoms with Gasteiger partial charge in [-0.15, -0.1) is 0 Å². The van der Waals surface area contributed by atoms with Crippen molar-refractivity contribution in [2.75, 3.05) is 0 Å². The summed E-state index contributed by atoms with van der Waals surface area (Å²) in [4.78, 5) is 0. The molecule has 0 amide bonds. The van der Waals surface area contributed by atoms with Crippen molar-refractivity contribution in [2.24, 2.45) is 10.8 Å². The van der Waals surface area contributed by atoms with E-state index < -0.39 is 0 Å². The number of benzene rings is 1. The van der Waals surface area contributed by atoms with Crippen LogP contribution in [0.5, 0.6) is 0 Å². The number of epoxide rings is 1. The Bertz CT molecular complexity index is 474. The average molecular weight is 248 g/mol. The van der Waals surface area contributed by atoms with Gasteiger partial charge < -0.3 is 4.74 Å². The third-order valence-corrected chi connectivity index (χ3v) is 4.41. The summed E-state index contributed by atoms with van der Waals surface area (Å²) >= 11 is 0. The van der Waals surface area contributed by atoms with Gasteiger partial charge in [0.25, 0.3) is 0 Å². The van der Waals surface area contributed by atoms with Crippen molar-refractivity contribution in [1.82, 2.24) is 0 Å². The Morgan fingerprint density at radius 1 is 1.06 bits per heavy atom. The summed E-state index contributed by atoms with van der Waals surface area (Å²) in [7, 11) is 0. The number of hydrogen-bond acceptors (Lipinski definition) is 1. The maximum absolute atomic E-state index is 13.1. The molecule has 2 fully saturated rings. The molecule has 0 N–H and O–H groups in total. The monoisotopic (exact) mass is 248 g/mol. The predicted octanol–water partition coefficient (Wildman–Crippen LogP) is 4.27. The van der Waals surface area contributed by atoms with Gasteiger partial charge in [0.05, 0.1) is 6.10 Å². The number of fused-ring (bicyclic) bond motifs is 1. The van der Waals surface area contributed by atoms with E-state index in [1.807, 2.05) is 12.1 Å². The Labute approximate surface area is 108 Å². The topological polar surface area (TPSA) is 12.5 Å². The molecule has 1 nitrogen and oxygen atoms in total. The van der Waals surface area contributed by atoms with E-state index in [0.717, 1.165) is 12.0 Å². The Balaban J connectivity index is 1.99. The highest BCUT2D eigenvalue weighted by Crippen LogP contribution is 2.66. The van der Waals surface area contributed by atoms with Crippen LogP contribution in [0.1, 0.15) is 46.1 Å². The third kappa shape index (κ3) is 1.70. The maximum atomic E-state index is 13.1. The molecule has 1 aliphatic heterocycles. The number of hydrogen-bond donors (Lipinski definition) is 0. The molecule has 1 aromatic rings. The highest BCUT2D eigenvalue weighted by atomic mass is 19.1. The van der Waals surface area contributed by atoms with Crippen molar-refractivity contribution in [3.8, 4) is 0 Å². The Morgan fingerprint density at radius 3 is 2.28 bits per heavy atom. The molecule has 3 rings (SSSR count). The molecule has 98 valence electrons. The fourth-order valence-electron chi connectivity index (χ4n) is 4.25. The van der Waals surface area contributed by atoms with Crippen molar-refractivity contribution in [1.29, 1.82) is 0 Å². The second-order valence-corrected chi connectivity index (χ2v) is 7.40. The Hall–Kier alpha value is -0.890. The van der Waals surface area contributed by atoms with Gasteiger partial charge in [-0.1, -0.05) is 39.8 Å². The van der Waals surface area contributed by atoms with Gasteiger partial charge in [-0.3, -0.25) is 0 Å². The van der Waals surface area contributed by atoms with Crippen molar-refractivity contribution in [2.45, 2.75) is 52.2 Å². The lowest BCUT2D eigenvalue weighted by molar-refractivity contribution is 0.116. The molecule has 0 radical (unpaired) electrons. The second-order valence-electron chi connectivity index (χ2n) is 7.40. The summed E-state index contributed by atoms with van der Waals surface area (Å²) in [5, 5.41) is 0. The quantitative estimate of drug-likeness (QED) is 0.676. The predicted molar refractivity (Wildman–Crippen MR) is 69.7 cm³/mol. The van der Waals surface area contributed by atoms with Crippen molar-refractivity contribution < 1.29 is 9.13 Å². The van der Waals surface area contributed by atoms with Crippen molar-refractivity contribution in [3.05, 3.63) is 35.6 Å². The SMILES string of the molecule is CC1(C)CC(C)(C)C2OC2(c2ccc(F)cc2)C1. The fourth-order valence-corrected chi connectivity index (χ4v) is 4.25. The third-order valence-electron chi connectivity index (χ3n) is 4.41. The van der Waals surface area contributed by atoms with Crippen LogP contribution < -0.4 is 0 Å². The summed E-state index contributed by atoms with van der Waals surface area (Å²) in [5.41, 5.74) is 1.43. The van der Waals surface area contributed by atoms with Gasteiger partial charge in [0.15, 0.2) is 0 Å². The molecule has 2 aliphatic rings. The maximum Gasteiger partial charge on any atom is 0.123 e. The lowest BCUT2D eigenvalue weighted by Crippen LogP contribution is -2.39. The van der Waals surface area contributed by atoms with Crippen LogP contribution in [-0.2, 0) is 10.3 Å². The van der Waals surface area contributed by atoms with Crippen LogP contribution in [0.2, 0.25) is 0 Å². The molecule has 18 heavy (non-hydrogen) atoms. The summed E-state index contributed by atoms with van der Waals surface area (Å²) < 4.78 is 19.2. The van der Waals surface area contributed by atoms with Crippen LogP contribution in [0.25, 0.3) is 0 Å². The zero-order valence-electron chi connectivity index (χ0n) is 11.6. The zero-order chi connectivity index (χ0) is 13.2. The highest BCUT2D eigenvalue weighted by Gasteiger charge is 2.68. The smallest absolute Gasteiger partial charge is 0.123 e. The van der Waals surface area contributed by atoms with Crippen LogP contribution in [0, 0.1) is 16.6 Å². The first-order valence-electron chi connectivity index (χ1n) is 6.69. The molecule has 2 atom stereocenters.